The number of ether oxygens (including phenoxy) is 4. The van der Waals surface area contributed by atoms with Crippen LogP contribution in [0.2, 0.25) is 0 Å². The number of nitrogens with one attached hydrogen (secondary N) is 2. The highest BCUT2D eigenvalue weighted by Crippen LogP contribution is 2.32. The van der Waals surface area contributed by atoms with Crippen molar-refractivity contribution >= 4 is 18.0 Å². The van der Waals surface area contributed by atoms with Gasteiger partial charge in [-0.2, -0.15) is 5.10 Å². The Balaban J connectivity index is 1.65. The Morgan fingerprint density at radius 2 is 1.94 bits per heavy atom. The Hall–Kier alpha value is -3.75. The summed E-state index contributed by atoms with van der Waals surface area (Å²) in [5.41, 5.74) is 3.57. The molecule has 1 unspecified atom stereocenters. The Bertz CT molecular complexity index is 1050. The number of methoxy groups -OCH3 is 1. The van der Waals surface area contributed by atoms with Crippen LogP contribution in [0.1, 0.15) is 56.0 Å². The van der Waals surface area contributed by atoms with E-state index >= 15 is 0 Å². The lowest BCUT2D eigenvalue weighted by Gasteiger charge is -2.20. The molecular formula is C26H33N3O6. The van der Waals surface area contributed by atoms with Crippen LogP contribution in [0.3, 0.4) is 0 Å². The van der Waals surface area contributed by atoms with E-state index in [1.807, 2.05) is 32.0 Å². The van der Waals surface area contributed by atoms with E-state index in [9.17, 15) is 9.59 Å². The lowest BCUT2D eigenvalue weighted by atomic mass is 10.0. The summed E-state index contributed by atoms with van der Waals surface area (Å²) < 4.78 is 22.0. The van der Waals surface area contributed by atoms with E-state index in [0.29, 0.717) is 40.7 Å². The van der Waals surface area contributed by atoms with Gasteiger partial charge >= 0.3 is 0 Å². The maximum Gasteiger partial charge on any atom is 0.262 e. The fraction of sp³-hybridized carbons (Fsp3) is 0.423. The number of fused-ring (bicyclic) bond motifs is 1. The molecular weight excluding hydrogens is 450 g/mol. The molecule has 2 aromatic carbocycles. The summed E-state index contributed by atoms with van der Waals surface area (Å²) >= 11 is 0. The fourth-order valence-electron chi connectivity index (χ4n) is 3.51. The Kier molecular flexibility index (Phi) is 9.34. The zero-order chi connectivity index (χ0) is 25.2. The van der Waals surface area contributed by atoms with Crippen LogP contribution in [-0.4, -0.2) is 44.6 Å². The summed E-state index contributed by atoms with van der Waals surface area (Å²) in [5.74, 6) is 1.25. The number of nitrogens with zero attached hydrogens (tertiary/aromatic N) is 1. The van der Waals surface area contributed by atoms with E-state index in [4.69, 9.17) is 18.9 Å². The van der Waals surface area contributed by atoms with Crippen LogP contribution in [0.5, 0.6) is 23.0 Å². The predicted octanol–water partition coefficient (Wildman–Crippen LogP) is 3.90. The number of para-hydroxylation sites is 1. The lowest BCUT2D eigenvalue weighted by molar-refractivity contribution is -0.123. The van der Waals surface area contributed by atoms with E-state index in [2.05, 4.69) is 22.8 Å². The third kappa shape index (κ3) is 6.88. The lowest BCUT2D eigenvalue weighted by Crippen LogP contribution is -2.48. The van der Waals surface area contributed by atoms with Crippen LogP contribution in [0.25, 0.3) is 0 Å². The minimum atomic E-state index is -0.792. The summed E-state index contributed by atoms with van der Waals surface area (Å²) in [6.07, 6.45) is 4.61. The average molecular weight is 484 g/mol. The van der Waals surface area contributed by atoms with Crippen molar-refractivity contribution in [1.82, 2.24) is 10.7 Å². The average Bonchev–Trinajstić information content (AvgIpc) is 3.33. The summed E-state index contributed by atoms with van der Waals surface area (Å²) in [6.45, 7) is 6.50. The quantitative estimate of drug-likeness (QED) is 0.269. The Morgan fingerprint density at radius 1 is 1.14 bits per heavy atom. The van der Waals surface area contributed by atoms with Crippen LogP contribution in [0, 0.1) is 5.92 Å². The third-order valence-electron chi connectivity index (χ3n) is 5.47. The summed E-state index contributed by atoms with van der Waals surface area (Å²) in [6, 6.07) is 9.56. The first-order chi connectivity index (χ1) is 16.9. The van der Waals surface area contributed by atoms with Crippen molar-refractivity contribution in [3.63, 3.8) is 0 Å². The molecule has 0 aliphatic carbocycles. The van der Waals surface area contributed by atoms with Crippen molar-refractivity contribution in [3.8, 4) is 23.0 Å². The molecule has 35 heavy (non-hydrogen) atoms. The molecule has 0 spiro atoms. The Morgan fingerprint density at radius 3 is 2.69 bits per heavy atom. The molecule has 2 amide bonds. The van der Waals surface area contributed by atoms with Crippen molar-refractivity contribution < 1.29 is 28.5 Å². The second-order valence-electron chi connectivity index (χ2n) is 8.43. The van der Waals surface area contributed by atoms with Gasteiger partial charge in [-0.05, 0) is 42.7 Å². The highest BCUT2D eigenvalue weighted by molar-refractivity contribution is 5.98. The number of hydrazone groups is 1. The molecule has 1 aliphatic heterocycles. The van der Waals surface area contributed by atoms with Crippen molar-refractivity contribution in [1.29, 1.82) is 0 Å². The highest BCUT2D eigenvalue weighted by atomic mass is 16.7. The predicted molar refractivity (Wildman–Crippen MR) is 132 cm³/mol. The van der Waals surface area contributed by atoms with Crippen LogP contribution in [0.4, 0.5) is 0 Å². The van der Waals surface area contributed by atoms with Crippen molar-refractivity contribution in [2.75, 3.05) is 20.5 Å². The molecule has 9 nitrogen and oxygen atoms in total. The first-order valence-electron chi connectivity index (χ1n) is 11.8. The van der Waals surface area contributed by atoms with Gasteiger partial charge in [0.25, 0.3) is 11.8 Å². The first-order valence-corrected chi connectivity index (χ1v) is 11.8. The van der Waals surface area contributed by atoms with Gasteiger partial charge in [-0.1, -0.05) is 39.7 Å². The van der Waals surface area contributed by atoms with Crippen molar-refractivity contribution in [2.45, 2.75) is 46.1 Å². The minimum Gasteiger partial charge on any atom is -0.493 e. The van der Waals surface area contributed by atoms with Gasteiger partial charge in [0.15, 0.2) is 23.0 Å². The number of hydrogen-bond donors (Lipinski definition) is 2. The number of carbonyl (C=O) groups is 2. The number of carbonyl (C=O) groups excluding carboxylic acids is 2. The molecule has 0 radical (unpaired) electrons. The van der Waals surface area contributed by atoms with Gasteiger partial charge in [0.05, 0.1) is 19.9 Å². The van der Waals surface area contributed by atoms with Gasteiger partial charge in [-0.3, -0.25) is 9.59 Å². The van der Waals surface area contributed by atoms with Crippen molar-refractivity contribution in [2.24, 2.45) is 11.0 Å². The monoisotopic (exact) mass is 483 g/mol. The van der Waals surface area contributed by atoms with Gasteiger partial charge in [0, 0.05) is 11.1 Å². The fourth-order valence-corrected chi connectivity index (χ4v) is 3.51. The maximum absolute atomic E-state index is 12.8. The minimum absolute atomic E-state index is 0.119. The van der Waals surface area contributed by atoms with E-state index in [-0.39, 0.29) is 12.7 Å². The molecule has 1 aliphatic rings. The number of benzene rings is 2. The standard InChI is InChI=1S/C26H33N3O6/c1-5-6-7-13-33-24-19(9-8-10-21(24)32-4)15-27-29-26(31)23(17(2)3)28-25(30)18-11-12-20-22(14-18)35-16-34-20/h8-12,14-15,17,23H,5-7,13,16H2,1-4H3,(H,28,30)(H,29,31). The van der Waals surface area contributed by atoms with Gasteiger partial charge < -0.3 is 24.3 Å². The first kappa shape index (κ1) is 25.9. The molecule has 2 aromatic rings. The SMILES string of the molecule is CCCCCOc1c(C=NNC(=O)C(NC(=O)c2ccc3c(c2)OCO3)C(C)C)cccc1OC. The second-order valence-corrected chi connectivity index (χ2v) is 8.43. The molecule has 0 aromatic heterocycles. The van der Waals surface area contributed by atoms with Crippen LogP contribution < -0.4 is 29.7 Å². The van der Waals surface area contributed by atoms with Gasteiger partial charge in [0.2, 0.25) is 6.79 Å². The highest BCUT2D eigenvalue weighted by Gasteiger charge is 2.25. The van der Waals surface area contributed by atoms with E-state index < -0.39 is 17.9 Å². The molecule has 0 saturated carbocycles. The summed E-state index contributed by atoms with van der Waals surface area (Å²) in [5, 5.41) is 6.88. The van der Waals surface area contributed by atoms with E-state index in [1.54, 1.807) is 25.3 Å². The third-order valence-corrected chi connectivity index (χ3v) is 5.47. The number of hydrogen-bond acceptors (Lipinski definition) is 7. The zero-order valence-corrected chi connectivity index (χ0v) is 20.6. The van der Waals surface area contributed by atoms with Gasteiger partial charge in [-0.25, -0.2) is 5.43 Å². The van der Waals surface area contributed by atoms with E-state index in [0.717, 1.165) is 19.3 Å². The topological polar surface area (TPSA) is 107 Å². The molecule has 3 rings (SSSR count). The molecule has 0 saturated heterocycles. The second kappa shape index (κ2) is 12.6. The number of amides is 2. The van der Waals surface area contributed by atoms with E-state index in [1.165, 1.54) is 6.21 Å². The molecule has 1 heterocycles. The molecule has 0 fully saturated rings. The van der Waals surface area contributed by atoms with Gasteiger partial charge in [0.1, 0.15) is 6.04 Å². The Labute approximate surface area is 205 Å². The summed E-state index contributed by atoms with van der Waals surface area (Å²) in [7, 11) is 1.58. The molecule has 9 heteroatoms. The molecule has 0 bridgehead atoms. The van der Waals surface area contributed by atoms with Crippen LogP contribution in [0.15, 0.2) is 41.5 Å². The molecule has 1 atom stereocenters. The molecule has 188 valence electrons. The van der Waals surface area contributed by atoms with Crippen molar-refractivity contribution in [3.05, 3.63) is 47.5 Å². The normalized spacial score (nSPS) is 13.1. The summed E-state index contributed by atoms with van der Waals surface area (Å²) in [4.78, 5) is 25.6. The number of rotatable bonds is 12. The van der Waals surface area contributed by atoms with Crippen LogP contribution >= 0.6 is 0 Å². The zero-order valence-electron chi connectivity index (χ0n) is 20.6. The van der Waals surface area contributed by atoms with Crippen LogP contribution in [-0.2, 0) is 4.79 Å². The smallest absolute Gasteiger partial charge is 0.262 e. The molecule has 2 N–H and O–H groups in total. The number of unbranched alkanes of at least 4 members (excludes halogenated alkanes) is 2. The largest absolute Gasteiger partial charge is 0.493 e. The maximum atomic E-state index is 12.8. The van der Waals surface area contributed by atoms with Gasteiger partial charge in [-0.15, -0.1) is 0 Å².